The number of aromatic amines is 1. The minimum absolute atomic E-state index is 0.0519. The van der Waals surface area contributed by atoms with Gasteiger partial charge in [0.2, 0.25) is 0 Å². The van der Waals surface area contributed by atoms with E-state index in [-0.39, 0.29) is 11.4 Å². The first-order valence-corrected chi connectivity index (χ1v) is 8.34. The fourth-order valence-corrected chi connectivity index (χ4v) is 3.44. The van der Waals surface area contributed by atoms with Crippen LogP contribution in [0, 0.1) is 17.0 Å². The predicted molar refractivity (Wildman–Crippen MR) is 102 cm³/mol. The number of carbonyl (C=O) groups is 1. The zero-order chi connectivity index (χ0) is 19.3. The summed E-state index contributed by atoms with van der Waals surface area (Å²) in [5.74, 6) is -1.14. The number of rotatable bonds is 3. The molecule has 2 heterocycles. The van der Waals surface area contributed by atoms with Gasteiger partial charge < -0.3 is 10.1 Å². The molecule has 0 saturated heterocycles. The molecule has 0 bridgehead atoms. The lowest BCUT2D eigenvalue weighted by molar-refractivity contribution is -0.384. The summed E-state index contributed by atoms with van der Waals surface area (Å²) < 4.78 is 0. The van der Waals surface area contributed by atoms with E-state index in [0.717, 1.165) is 16.3 Å². The maximum atomic E-state index is 11.7. The Morgan fingerprint density at radius 1 is 1.22 bits per heavy atom. The quantitative estimate of drug-likeness (QED) is 0.385. The fourth-order valence-electron chi connectivity index (χ4n) is 3.26. The summed E-state index contributed by atoms with van der Waals surface area (Å²) in [5.41, 5.74) is 2.82. The highest BCUT2D eigenvalue weighted by Crippen LogP contribution is 2.36. The van der Waals surface area contributed by atoms with Crippen molar-refractivity contribution in [2.24, 2.45) is 0 Å². The van der Waals surface area contributed by atoms with E-state index in [4.69, 9.17) is 11.6 Å². The Labute approximate surface area is 157 Å². The number of fused-ring (bicyclic) bond motifs is 3. The summed E-state index contributed by atoms with van der Waals surface area (Å²) in [4.78, 5) is 29.7. The van der Waals surface area contributed by atoms with Crippen molar-refractivity contribution in [2.45, 2.75) is 6.92 Å². The van der Waals surface area contributed by atoms with Gasteiger partial charge in [0, 0.05) is 39.0 Å². The van der Waals surface area contributed by atoms with Crippen LogP contribution in [0.5, 0.6) is 0 Å². The maximum absolute atomic E-state index is 11.7. The molecule has 0 amide bonds. The number of H-pyrrole nitrogens is 1. The van der Waals surface area contributed by atoms with Crippen LogP contribution in [-0.2, 0) is 0 Å². The second kappa shape index (κ2) is 6.07. The van der Waals surface area contributed by atoms with Crippen molar-refractivity contribution in [3.8, 4) is 11.3 Å². The van der Waals surface area contributed by atoms with Crippen LogP contribution in [0.3, 0.4) is 0 Å². The third kappa shape index (κ3) is 2.69. The summed E-state index contributed by atoms with van der Waals surface area (Å²) in [5, 5.41) is 22.6. The van der Waals surface area contributed by atoms with Gasteiger partial charge >= 0.3 is 5.97 Å². The number of aromatic nitrogens is 2. The molecule has 0 radical (unpaired) electrons. The van der Waals surface area contributed by atoms with Gasteiger partial charge in [-0.25, -0.2) is 9.78 Å². The number of carboxylic acid groups (broad SMARTS) is 1. The third-order valence-corrected chi connectivity index (χ3v) is 4.74. The van der Waals surface area contributed by atoms with Crippen LogP contribution >= 0.6 is 11.6 Å². The number of nitro groups is 1. The lowest BCUT2D eigenvalue weighted by atomic mass is 10.0. The van der Waals surface area contributed by atoms with Gasteiger partial charge in [-0.05, 0) is 36.8 Å². The van der Waals surface area contributed by atoms with Gasteiger partial charge in [0.15, 0.2) is 5.69 Å². The number of benzene rings is 2. The molecule has 2 aromatic heterocycles. The van der Waals surface area contributed by atoms with Crippen LogP contribution in [-0.4, -0.2) is 26.0 Å². The third-order valence-electron chi connectivity index (χ3n) is 4.51. The van der Waals surface area contributed by atoms with Gasteiger partial charge in [0.25, 0.3) is 5.69 Å². The van der Waals surface area contributed by atoms with Crippen molar-refractivity contribution in [2.75, 3.05) is 0 Å². The highest BCUT2D eigenvalue weighted by Gasteiger charge is 2.21. The molecule has 0 spiro atoms. The molecule has 27 heavy (non-hydrogen) atoms. The Morgan fingerprint density at radius 3 is 2.56 bits per heavy atom. The van der Waals surface area contributed by atoms with Crippen molar-refractivity contribution >= 4 is 45.1 Å². The number of hydrogen-bond donors (Lipinski definition) is 2. The lowest BCUT2D eigenvalue weighted by Crippen LogP contribution is -2.05. The normalized spacial score (nSPS) is 11.2. The minimum atomic E-state index is -1.14. The summed E-state index contributed by atoms with van der Waals surface area (Å²) >= 11 is 6.08. The van der Waals surface area contributed by atoms with Gasteiger partial charge in [0.1, 0.15) is 0 Å². The molecule has 2 aromatic carbocycles. The molecule has 0 saturated carbocycles. The molecule has 0 aliphatic heterocycles. The SMILES string of the molecule is Cc1c(C(=O)O)nc(-c2ccc([N+](=O)[O-])cc2)c2[nH]c3cc(Cl)ccc3c12. The molecule has 2 N–H and O–H groups in total. The smallest absolute Gasteiger partial charge is 0.354 e. The summed E-state index contributed by atoms with van der Waals surface area (Å²) in [6.07, 6.45) is 0. The number of nitrogens with zero attached hydrogens (tertiary/aromatic N) is 2. The fraction of sp³-hybridized carbons (Fsp3) is 0.0526. The van der Waals surface area contributed by atoms with Gasteiger partial charge in [-0.3, -0.25) is 10.1 Å². The average molecular weight is 382 g/mol. The van der Waals surface area contributed by atoms with Crippen molar-refractivity contribution < 1.29 is 14.8 Å². The number of halogens is 1. The van der Waals surface area contributed by atoms with E-state index in [1.54, 1.807) is 31.2 Å². The van der Waals surface area contributed by atoms with Gasteiger partial charge in [-0.1, -0.05) is 17.7 Å². The largest absolute Gasteiger partial charge is 0.477 e. The molecule has 0 aliphatic rings. The van der Waals surface area contributed by atoms with Crippen molar-refractivity contribution in [3.05, 3.63) is 68.9 Å². The second-order valence-electron chi connectivity index (χ2n) is 6.11. The summed E-state index contributed by atoms with van der Waals surface area (Å²) in [7, 11) is 0. The Balaban J connectivity index is 2.10. The zero-order valence-electron chi connectivity index (χ0n) is 14.0. The Kier molecular flexibility index (Phi) is 3.82. The molecule has 0 unspecified atom stereocenters. The van der Waals surface area contributed by atoms with Crippen LogP contribution < -0.4 is 0 Å². The first-order chi connectivity index (χ1) is 12.9. The minimum Gasteiger partial charge on any atom is -0.477 e. The number of non-ortho nitro benzene ring substituents is 1. The van der Waals surface area contributed by atoms with Gasteiger partial charge in [-0.2, -0.15) is 0 Å². The van der Waals surface area contributed by atoms with E-state index in [9.17, 15) is 20.0 Å². The number of aromatic carboxylic acids is 1. The highest BCUT2D eigenvalue weighted by atomic mass is 35.5. The van der Waals surface area contributed by atoms with E-state index < -0.39 is 10.9 Å². The number of carboxylic acids is 1. The van der Waals surface area contributed by atoms with E-state index >= 15 is 0 Å². The molecule has 0 fully saturated rings. The van der Waals surface area contributed by atoms with Crippen molar-refractivity contribution in [1.82, 2.24) is 9.97 Å². The van der Waals surface area contributed by atoms with E-state index in [1.165, 1.54) is 12.1 Å². The first-order valence-electron chi connectivity index (χ1n) is 7.96. The van der Waals surface area contributed by atoms with Crippen LogP contribution in [0.1, 0.15) is 16.1 Å². The standard InChI is InChI=1S/C19H12ClN3O4/c1-9-15-13-7-4-11(20)8-14(13)21-18(15)17(22-16(9)19(24)25)10-2-5-12(6-3-10)23(26)27/h2-8,21H,1H3,(H,24,25). The summed E-state index contributed by atoms with van der Waals surface area (Å²) in [6, 6.07) is 11.2. The Morgan fingerprint density at radius 2 is 1.93 bits per heavy atom. The number of nitro benzene ring substituents is 1. The zero-order valence-corrected chi connectivity index (χ0v) is 14.7. The molecule has 7 nitrogen and oxygen atoms in total. The number of aryl methyl sites for hydroxylation is 1. The van der Waals surface area contributed by atoms with Crippen LogP contribution in [0.15, 0.2) is 42.5 Å². The molecular weight excluding hydrogens is 370 g/mol. The van der Waals surface area contributed by atoms with Crippen LogP contribution in [0.4, 0.5) is 5.69 Å². The second-order valence-corrected chi connectivity index (χ2v) is 6.54. The van der Waals surface area contributed by atoms with Gasteiger partial charge in [-0.15, -0.1) is 0 Å². The van der Waals surface area contributed by atoms with E-state index in [0.29, 0.717) is 27.4 Å². The maximum Gasteiger partial charge on any atom is 0.354 e. The summed E-state index contributed by atoms with van der Waals surface area (Å²) in [6.45, 7) is 1.71. The number of nitrogens with one attached hydrogen (secondary N) is 1. The van der Waals surface area contributed by atoms with Crippen LogP contribution in [0.25, 0.3) is 33.1 Å². The van der Waals surface area contributed by atoms with Crippen molar-refractivity contribution in [1.29, 1.82) is 0 Å². The lowest BCUT2D eigenvalue weighted by Gasteiger charge is -2.08. The van der Waals surface area contributed by atoms with Crippen molar-refractivity contribution in [3.63, 3.8) is 0 Å². The Hall–Kier alpha value is -3.45. The van der Waals surface area contributed by atoms with Gasteiger partial charge in [0.05, 0.1) is 16.1 Å². The topological polar surface area (TPSA) is 109 Å². The van der Waals surface area contributed by atoms with Crippen LogP contribution in [0.2, 0.25) is 5.02 Å². The molecule has 4 aromatic rings. The molecule has 8 heteroatoms. The predicted octanol–water partition coefficient (Wildman–Crippen LogP) is 4.95. The number of hydrogen-bond acceptors (Lipinski definition) is 4. The van der Waals surface area contributed by atoms with E-state index in [2.05, 4.69) is 9.97 Å². The molecular formula is C19H12ClN3O4. The highest BCUT2D eigenvalue weighted by molar-refractivity contribution is 6.31. The Bertz CT molecular complexity index is 1250. The first kappa shape index (κ1) is 17.0. The molecule has 4 rings (SSSR count). The average Bonchev–Trinajstić information content (AvgIpc) is 3.00. The molecule has 134 valence electrons. The molecule has 0 aliphatic carbocycles. The number of pyridine rings is 1. The molecule has 0 atom stereocenters. The monoisotopic (exact) mass is 381 g/mol. The van der Waals surface area contributed by atoms with E-state index in [1.807, 2.05) is 6.07 Å².